The van der Waals surface area contributed by atoms with Gasteiger partial charge in [-0.3, -0.25) is 0 Å². The summed E-state index contributed by atoms with van der Waals surface area (Å²) in [5, 5.41) is 0. The maximum Gasteiger partial charge on any atom is 0.161 e. The Kier molecular flexibility index (Phi) is 5.17. The van der Waals surface area contributed by atoms with Crippen molar-refractivity contribution in [2.24, 2.45) is 5.73 Å². The number of nitrogens with two attached hydrogens (primary N) is 1. The van der Waals surface area contributed by atoms with Gasteiger partial charge in [-0.15, -0.1) is 0 Å². The summed E-state index contributed by atoms with van der Waals surface area (Å²) in [6.07, 6.45) is 0. The molecule has 0 fully saturated rings. The largest absolute Gasteiger partial charge is 0.490 e. The molecule has 21 heavy (non-hydrogen) atoms. The normalized spacial score (nSPS) is 10.2. The summed E-state index contributed by atoms with van der Waals surface area (Å²) in [6.45, 7) is 5.04. The van der Waals surface area contributed by atoms with Gasteiger partial charge < -0.3 is 15.2 Å². The fourth-order valence-electron chi connectivity index (χ4n) is 1.89. The van der Waals surface area contributed by atoms with Crippen molar-refractivity contribution < 1.29 is 9.47 Å². The molecule has 0 saturated carbocycles. The van der Waals surface area contributed by atoms with Crippen LogP contribution in [0.2, 0.25) is 0 Å². The Bertz CT molecular complexity index is 623. The highest BCUT2D eigenvalue weighted by Gasteiger charge is 2.08. The monoisotopic (exact) mass is 301 g/mol. The minimum atomic E-state index is 0.348. The van der Waals surface area contributed by atoms with Crippen molar-refractivity contribution in [3.05, 3.63) is 59.2 Å². The molecule has 0 aliphatic rings. The lowest BCUT2D eigenvalue weighted by Crippen LogP contribution is -2.10. The van der Waals surface area contributed by atoms with Crippen LogP contribution in [0, 0.1) is 6.92 Å². The molecule has 0 bridgehead atoms. The van der Waals surface area contributed by atoms with E-state index < -0.39 is 0 Å². The molecule has 2 rings (SSSR count). The Morgan fingerprint density at radius 3 is 2.38 bits per heavy atom. The van der Waals surface area contributed by atoms with E-state index in [4.69, 9.17) is 27.4 Å². The van der Waals surface area contributed by atoms with E-state index in [-0.39, 0.29) is 0 Å². The first-order valence-corrected chi connectivity index (χ1v) is 7.26. The Morgan fingerprint density at radius 2 is 1.76 bits per heavy atom. The third-order valence-corrected chi connectivity index (χ3v) is 3.28. The quantitative estimate of drug-likeness (QED) is 0.828. The third-order valence-electron chi connectivity index (χ3n) is 3.04. The molecular weight excluding hydrogens is 282 g/mol. The first-order valence-electron chi connectivity index (χ1n) is 6.85. The minimum Gasteiger partial charge on any atom is -0.490 e. The van der Waals surface area contributed by atoms with E-state index in [1.165, 1.54) is 5.56 Å². The first-order chi connectivity index (χ1) is 10.1. The second-order valence-electron chi connectivity index (χ2n) is 4.73. The molecule has 110 valence electrons. The summed E-state index contributed by atoms with van der Waals surface area (Å²) in [5.41, 5.74) is 8.76. The lowest BCUT2D eigenvalue weighted by Gasteiger charge is -2.13. The molecule has 0 unspecified atom stereocenters. The molecule has 2 N–H and O–H groups in total. The number of benzene rings is 2. The number of hydrogen-bond donors (Lipinski definition) is 1. The highest BCUT2D eigenvalue weighted by atomic mass is 32.1. The molecular formula is C17H19NO2S. The van der Waals surface area contributed by atoms with Gasteiger partial charge in [0, 0.05) is 5.56 Å². The average molecular weight is 301 g/mol. The van der Waals surface area contributed by atoms with Crippen LogP contribution in [0.3, 0.4) is 0 Å². The molecule has 0 aliphatic heterocycles. The van der Waals surface area contributed by atoms with Crippen LogP contribution in [0.1, 0.15) is 23.6 Å². The highest BCUT2D eigenvalue weighted by Crippen LogP contribution is 2.29. The Balaban J connectivity index is 2.14. The van der Waals surface area contributed by atoms with Gasteiger partial charge in [-0.2, -0.15) is 0 Å². The van der Waals surface area contributed by atoms with E-state index in [1.807, 2.05) is 25.1 Å². The van der Waals surface area contributed by atoms with Crippen molar-refractivity contribution in [1.82, 2.24) is 0 Å². The maximum atomic E-state index is 5.84. The van der Waals surface area contributed by atoms with Gasteiger partial charge in [0.05, 0.1) is 6.61 Å². The lowest BCUT2D eigenvalue weighted by molar-refractivity contribution is 0.269. The van der Waals surface area contributed by atoms with E-state index in [2.05, 4.69) is 31.2 Å². The van der Waals surface area contributed by atoms with Gasteiger partial charge in [0.15, 0.2) is 11.5 Å². The van der Waals surface area contributed by atoms with Gasteiger partial charge in [-0.25, -0.2) is 0 Å². The molecule has 0 atom stereocenters. The first kappa shape index (κ1) is 15.3. The Hall–Kier alpha value is -2.07. The SMILES string of the molecule is CCOc1cc(C(N)=S)ccc1OCc1ccc(C)cc1. The molecule has 2 aromatic carbocycles. The zero-order valence-corrected chi connectivity index (χ0v) is 13.1. The van der Waals surface area contributed by atoms with Gasteiger partial charge in [0.25, 0.3) is 0 Å². The molecule has 0 spiro atoms. The van der Waals surface area contributed by atoms with Crippen LogP contribution >= 0.6 is 12.2 Å². The van der Waals surface area contributed by atoms with Crippen LogP contribution in [0.4, 0.5) is 0 Å². The molecule has 0 amide bonds. The number of aryl methyl sites for hydroxylation is 1. The lowest BCUT2D eigenvalue weighted by atomic mass is 10.1. The van der Waals surface area contributed by atoms with Crippen LogP contribution < -0.4 is 15.2 Å². The minimum absolute atomic E-state index is 0.348. The van der Waals surface area contributed by atoms with Gasteiger partial charge in [0.1, 0.15) is 11.6 Å². The predicted molar refractivity (Wildman–Crippen MR) is 89.0 cm³/mol. The molecule has 2 aromatic rings. The Morgan fingerprint density at radius 1 is 1.05 bits per heavy atom. The van der Waals surface area contributed by atoms with Gasteiger partial charge in [0.2, 0.25) is 0 Å². The standard InChI is InChI=1S/C17H19NO2S/c1-3-19-16-10-14(17(18)21)8-9-15(16)20-11-13-6-4-12(2)5-7-13/h4-10H,3,11H2,1-2H3,(H2,18,21). The summed E-state index contributed by atoms with van der Waals surface area (Å²) in [5.74, 6) is 1.35. The molecule has 0 heterocycles. The van der Waals surface area contributed by atoms with Crippen LogP contribution in [-0.2, 0) is 6.61 Å². The van der Waals surface area contributed by atoms with Crippen LogP contribution in [0.5, 0.6) is 11.5 Å². The second kappa shape index (κ2) is 7.09. The number of ether oxygens (including phenoxy) is 2. The number of thiocarbonyl (C=S) groups is 1. The van der Waals surface area contributed by atoms with E-state index in [0.29, 0.717) is 29.7 Å². The van der Waals surface area contributed by atoms with E-state index in [1.54, 1.807) is 0 Å². The van der Waals surface area contributed by atoms with Gasteiger partial charge >= 0.3 is 0 Å². The maximum absolute atomic E-state index is 5.84. The molecule has 0 radical (unpaired) electrons. The Labute approximate surface area is 130 Å². The predicted octanol–water partition coefficient (Wildman–Crippen LogP) is 3.61. The topological polar surface area (TPSA) is 44.5 Å². The van der Waals surface area contributed by atoms with Crippen molar-refractivity contribution in [3.63, 3.8) is 0 Å². The molecule has 0 aromatic heterocycles. The van der Waals surface area contributed by atoms with Crippen LogP contribution in [0.25, 0.3) is 0 Å². The van der Waals surface area contributed by atoms with Crippen molar-refractivity contribution >= 4 is 17.2 Å². The molecule has 3 nitrogen and oxygen atoms in total. The smallest absolute Gasteiger partial charge is 0.161 e. The summed E-state index contributed by atoms with van der Waals surface area (Å²) in [4.78, 5) is 0.348. The highest BCUT2D eigenvalue weighted by molar-refractivity contribution is 7.80. The van der Waals surface area contributed by atoms with Crippen molar-refractivity contribution in [2.75, 3.05) is 6.61 Å². The fraction of sp³-hybridized carbons (Fsp3) is 0.235. The second-order valence-corrected chi connectivity index (χ2v) is 5.17. The van der Waals surface area contributed by atoms with Crippen molar-refractivity contribution in [3.8, 4) is 11.5 Å². The zero-order chi connectivity index (χ0) is 15.2. The summed E-state index contributed by atoms with van der Waals surface area (Å²) >= 11 is 4.98. The average Bonchev–Trinajstić information content (AvgIpc) is 2.47. The van der Waals surface area contributed by atoms with Gasteiger partial charge in [-0.05, 0) is 37.6 Å². The van der Waals surface area contributed by atoms with Gasteiger partial charge in [-0.1, -0.05) is 42.0 Å². The van der Waals surface area contributed by atoms with Crippen LogP contribution in [-0.4, -0.2) is 11.6 Å². The zero-order valence-electron chi connectivity index (χ0n) is 12.3. The summed E-state index contributed by atoms with van der Waals surface area (Å²) < 4.78 is 11.4. The molecule has 4 heteroatoms. The van der Waals surface area contributed by atoms with E-state index >= 15 is 0 Å². The van der Waals surface area contributed by atoms with Crippen molar-refractivity contribution in [1.29, 1.82) is 0 Å². The summed E-state index contributed by atoms with van der Waals surface area (Å²) in [6, 6.07) is 13.7. The number of rotatable bonds is 6. The number of hydrogen-bond acceptors (Lipinski definition) is 3. The van der Waals surface area contributed by atoms with E-state index in [9.17, 15) is 0 Å². The third kappa shape index (κ3) is 4.20. The molecule has 0 saturated heterocycles. The molecule has 0 aliphatic carbocycles. The van der Waals surface area contributed by atoms with E-state index in [0.717, 1.165) is 11.1 Å². The fourth-order valence-corrected chi connectivity index (χ4v) is 2.02. The summed E-state index contributed by atoms with van der Waals surface area (Å²) in [7, 11) is 0. The van der Waals surface area contributed by atoms with Crippen LogP contribution in [0.15, 0.2) is 42.5 Å². The van der Waals surface area contributed by atoms with Crippen molar-refractivity contribution in [2.45, 2.75) is 20.5 Å².